The van der Waals surface area contributed by atoms with Gasteiger partial charge in [-0.2, -0.15) is 0 Å². The van der Waals surface area contributed by atoms with Crippen molar-refractivity contribution in [3.63, 3.8) is 0 Å². The number of carbonyl (C=O) groups excluding carboxylic acids is 2. The molecule has 1 atom stereocenters. The summed E-state index contributed by atoms with van der Waals surface area (Å²) >= 11 is 0. The second kappa shape index (κ2) is 8.48. The van der Waals surface area contributed by atoms with Crippen molar-refractivity contribution in [3.05, 3.63) is 35.6 Å². The molecule has 0 aliphatic rings. The molecule has 0 aliphatic carbocycles. The number of rotatable bonds is 7. The zero-order valence-corrected chi connectivity index (χ0v) is 13.3. The Hall–Kier alpha value is -1.95. The first-order valence-electron chi connectivity index (χ1n) is 7.33. The van der Waals surface area contributed by atoms with Crippen LogP contribution in [0.25, 0.3) is 0 Å². The third-order valence-electron chi connectivity index (χ3n) is 3.51. The average Bonchev–Trinajstić information content (AvgIpc) is 2.50. The van der Waals surface area contributed by atoms with Crippen LogP contribution in [0.4, 0.5) is 4.39 Å². The summed E-state index contributed by atoms with van der Waals surface area (Å²) in [6.07, 6.45) is 0.627. The molecule has 122 valence electrons. The van der Waals surface area contributed by atoms with Crippen molar-refractivity contribution in [1.82, 2.24) is 10.2 Å². The van der Waals surface area contributed by atoms with Crippen LogP contribution in [0.2, 0.25) is 0 Å². The van der Waals surface area contributed by atoms with Crippen LogP contribution in [-0.4, -0.2) is 42.9 Å². The molecule has 22 heavy (non-hydrogen) atoms. The van der Waals surface area contributed by atoms with Crippen LogP contribution in [0.1, 0.15) is 19.4 Å². The van der Waals surface area contributed by atoms with E-state index in [0.717, 1.165) is 5.56 Å². The Labute approximate surface area is 130 Å². The van der Waals surface area contributed by atoms with Gasteiger partial charge in [0.2, 0.25) is 11.8 Å². The SMILES string of the molecule is CC(C)[C@H](N)C(=O)NCC(=O)N(C)CCc1ccc(F)cc1. The molecule has 0 saturated heterocycles. The van der Waals surface area contributed by atoms with Gasteiger partial charge in [-0.1, -0.05) is 26.0 Å². The van der Waals surface area contributed by atoms with Gasteiger partial charge in [0, 0.05) is 13.6 Å². The second-order valence-corrected chi connectivity index (χ2v) is 5.68. The van der Waals surface area contributed by atoms with Crippen LogP contribution in [-0.2, 0) is 16.0 Å². The highest BCUT2D eigenvalue weighted by Gasteiger charge is 2.18. The minimum Gasteiger partial charge on any atom is -0.346 e. The van der Waals surface area contributed by atoms with Crippen molar-refractivity contribution in [3.8, 4) is 0 Å². The number of amides is 2. The van der Waals surface area contributed by atoms with Gasteiger partial charge in [-0.3, -0.25) is 9.59 Å². The predicted octanol–water partition coefficient (Wildman–Crippen LogP) is 0.926. The molecule has 0 fully saturated rings. The van der Waals surface area contributed by atoms with Gasteiger partial charge < -0.3 is 16.0 Å². The van der Waals surface area contributed by atoms with Crippen LogP contribution in [0.15, 0.2) is 24.3 Å². The molecule has 6 heteroatoms. The second-order valence-electron chi connectivity index (χ2n) is 5.68. The molecule has 0 heterocycles. The quantitative estimate of drug-likeness (QED) is 0.786. The van der Waals surface area contributed by atoms with E-state index in [1.807, 2.05) is 13.8 Å². The number of halogens is 1. The van der Waals surface area contributed by atoms with Gasteiger partial charge in [0.25, 0.3) is 0 Å². The monoisotopic (exact) mass is 309 g/mol. The molecule has 0 saturated carbocycles. The fraction of sp³-hybridized carbons (Fsp3) is 0.500. The lowest BCUT2D eigenvalue weighted by atomic mass is 10.1. The van der Waals surface area contributed by atoms with Crippen molar-refractivity contribution in [2.75, 3.05) is 20.1 Å². The molecular formula is C16H24FN3O2. The van der Waals surface area contributed by atoms with Gasteiger partial charge in [0.1, 0.15) is 5.82 Å². The van der Waals surface area contributed by atoms with E-state index in [1.165, 1.54) is 17.0 Å². The lowest BCUT2D eigenvalue weighted by molar-refractivity contribution is -0.132. The van der Waals surface area contributed by atoms with Gasteiger partial charge in [-0.15, -0.1) is 0 Å². The maximum Gasteiger partial charge on any atom is 0.241 e. The topological polar surface area (TPSA) is 75.4 Å². The van der Waals surface area contributed by atoms with Crippen molar-refractivity contribution >= 4 is 11.8 Å². The normalized spacial score (nSPS) is 12.1. The molecule has 0 radical (unpaired) electrons. The number of hydrogen-bond donors (Lipinski definition) is 2. The summed E-state index contributed by atoms with van der Waals surface area (Å²) in [5, 5.41) is 2.55. The third-order valence-corrected chi connectivity index (χ3v) is 3.51. The first kappa shape index (κ1) is 18.1. The Balaban J connectivity index is 2.36. The van der Waals surface area contributed by atoms with Crippen LogP contribution < -0.4 is 11.1 Å². The molecule has 0 aromatic heterocycles. The van der Waals surface area contributed by atoms with Crippen LogP contribution in [0.3, 0.4) is 0 Å². The van der Waals surface area contributed by atoms with Crippen LogP contribution in [0.5, 0.6) is 0 Å². The Morgan fingerprint density at radius 1 is 1.27 bits per heavy atom. The number of hydrogen-bond acceptors (Lipinski definition) is 3. The minimum absolute atomic E-state index is 0.0197. The molecule has 1 aromatic rings. The van der Waals surface area contributed by atoms with Gasteiger partial charge in [0.05, 0.1) is 12.6 Å². The lowest BCUT2D eigenvalue weighted by Crippen LogP contribution is -2.47. The molecule has 1 rings (SSSR count). The number of benzene rings is 1. The van der Waals surface area contributed by atoms with E-state index in [9.17, 15) is 14.0 Å². The summed E-state index contributed by atoms with van der Waals surface area (Å²) in [6, 6.07) is 5.56. The van der Waals surface area contributed by atoms with Gasteiger partial charge in [-0.05, 0) is 30.0 Å². The van der Waals surface area contributed by atoms with Gasteiger partial charge in [0.15, 0.2) is 0 Å². The molecule has 1 aromatic carbocycles. The Morgan fingerprint density at radius 2 is 1.86 bits per heavy atom. The van der Waals surface area contributed by atoms with E-state index < -0.39 is 6.04 Å². The van der Waals surface area contributed by atoms with Crippen molar-refractivity contribution in [2.45, 2.75) is 26.3 Å². The maximum absolute atomic E-state index is 12.8. The molecule has 0 unspecified atom stereocenters. The summed E-state index contributed by atoms with van der Waals surface area (Å²) in [5.74, 6) is -0.773. The number of nitrogens with one attached hydrogen (secondary N) is 1. The summed E-state index contributed by atoms with van der Waals surface area (Å²) < 4.78 is 12.8. The van der Waals surface area contributed by atoms with E-state index in [2.05, 4.69) is 5.32 Å². The summed E-state index contributed by atoms with van der Waals surface area (Å²) in [5.41, 5.74) is 6.65. The highest BCUT2D eigenvalue weighted by atomic mass is 19.1. The number of nitrogens with zero attached hydrogens (tertiary/aromatic N) is 1. The fourth-order valence-electron chi connectivity index (χ4n) is 1.79. The molecular weight excluding hydrogens is 285 g/mol. The predicted molar refractivity (Wildman–Crippen MR) is 83.6 cm³/mol. The van der Waals surface area contributed by atoms with E-state index in [0.29, 0.717) is 13.0 Å². The van der Waals surface area contributed by atoms with E-state index in [4.69, 9.17) is 5.73 Å². The minimum atomic E-state index is -0.614. The van der Waals surface area contributed by atoms with Crippen LogP contribution >= 0.6 is 0 Å². The summed E-state index contributed by atoms with van der Waals surface area (Å²) in [6.45, 7) is 4.12. The first-order chi connectivity index (χ1) is 10.3. The first-order valence-corrected chi connectivity index (χ1v) is 7.33. The third kappa shape index (κ3) is 5.81. The highest BCUT2D eigenvalue weighted by Crippen LogP contribution is 2.04. The number of nitrogens with two attached hydrogens (primary N) is 1. The molecule has 3 N–H and O–H groups in total. The van der Waals surface area contributed by atoms with Gasteiger partial charge in [-0.25, -0.2) is 4.39 Å². The van der Waals surface area contributed by atoms with E-state index in [1.54, 1.807) is 19.2 Å². The maximum atomic E-state index is 12.8. The van der Waals surface area contributed by atoms with Crippen molar-refractivity contribution < 1.29 is 14.0 Å². The largest absolute Gasteiger partial charge is 0.346 e. The number of carbonyl (C=O) groups is 2. The average molecular weight is 309 g/mol. The molecule has 2 amide bonds. The van der Waals surface area contributed by atoms with E-state index >= 15 is 0 Å². The summed E-state index contributed by atoms with van der Waals surface area (Å²) in [7, 11) is 1.67. The Morgan fingerprint density at radius 3 is 2.41 bits per heavy atom. The zero-order valence-electron chi connectivity index (χ0n) is 13.3. The Bertz CT molecular complexity index is 503. The molecule has 0 aliphatic heterocycles. The standard InChI is InChI=1S/C16H24FN3O2/c1-11(2)15(18)16(22)19-10-14(21)20(3)9-8-12-4-6-13(17)7-5-12/h4-7,11,15H,8-10,18H2,1-3H3,(H,19,22)/t15-/m0/s1. The zero-order chi connectivity index (χ0) is 16.7. The lowest BCUT2D eigenvalue weighted by Gasteiger charge is -2.19. The molecule has 0 spiro atoms. The summed E-state index contributed by atoms with van der Waals surface area (Å²) in [4.78, 5) is 25.1. The number of likely N-dealkylation sites (N-methyl/N-ethyl adjacent to an activating group) is 1. The van der Waals surface area contributed by atoms with Crippen molar-refractivity contribution in [1.29, 1.82) is 0 Å². The smallest absolute Gasteiger partial charge is 0.241 e. The van der Waals surface area contributed by atoms with Crippen molar-refractivity contribution in [2.24, 2.45) is 11.7 Å². The highest BCUT2D eigenvalue weighted by molar-refractivity contribution is 5.87. The van der Waals surface area contributed by atoms with Crippen LogP contribution in [0, 0.1) is 11.7 Å². The van der Waals surface area contributed by atoms with E-state index in [-0.39, 0.29) is 30.1 Å². The fourth-order valence-corrected chi connectivity index (χ4v) is 1.79. The van der Waals surface area contributed by atoms with Gasteiger partial charge >= 0.3 is 0 Å². The Kier molecular flexibility index (Phi) is 6.98. The molecule has 0 bridgehead atoms. The molecule has 5 nitrogen and oxygen atoms in total.